The van der Waals surface area contributed by atoms with Crippen LogP contribution in [0.4, 0.5) is 0 Å². The van der Waals surface area contributed by atoms with Crippen LogP contribution in [0.3, 0.4) is 0 Å². The third-order valence-corrected chi connectivity index (χ3v) is 3.71. The molecule has 1 aliphatic rings. The number of rotatable bonds is 5. The van der Waals surface area contributed by atoms with Crippen LogP contribution in [-0.4, -0.2) is 12.3 Å². The van der Waals surface area contributed by atoms with Gasteiger partial charge in [0.05, 0.1) is 5.54 Å². The molecule has 0 bridgehead atoms. The minimum absolute atomic E-state index is 0.0625. The summed E-state index contributed by atoms with van der Waals surface area (Å²) >= 11 is 0. The summed E-state index contributed by atoms with van der Waals surface area (Å²) in [5.74, 6) is 0. The maximum atomic E-state index is 4.28. The molecular formula is C12H19N. The number of hydrogen-bond donors (Lipinski definition) is 0. The van der Waals surface area contributed by atoms with E-state index in [1.807, 2.05) is 6.08 Å². The van der Waals surface area contributed by atoms with Gasteiger partial charge in [0.25, 0.3) is 0 Å². The zero-order valence-corrected chi connectivity index (χ0v) is 8.77. The van der Waals surface area contributed by atoms with Crippen molar-refractivity contribution < 1.29 is 0 Å². The molecule has 0 aliphatic heterocycles. The van der Waals surface area contributed by atoms with Crippen LogP contribution in [0.25, 0.3) is 0 Å². The summed E-state index contributed by atoms with van der Waals surface area (Å²) < 4.78 is 0. The van der Waals surface area contributed by atoms with Gasteiger partial charge in [-0.25, -0.2) is 0 Å². The molecule has 0 N–H and O–H groups in total. The molecule has 13 heavy (non-hydrogen) atoms. The number of hydrogen-bond acceptors (Lipinski definition) is 1. The quantitative estimate of drug-likeness (QED) is 0.451. The van der Waals surface area contributed by atoms with Gasteiger partial charge in [-0.05, 0) is 31.6 Å². The zero-order chi connectivity index (χ0) is 10.1. The average Bonchev–Trinajstić information content (AvgIpc) is 2.87. The van der Waals surface area contributed by atoms with Crippen LogP contribution in [0.15, 0.2) is 29.8 Å². The molecule has 1 nitrogen and oxygen atoms in total. The van der Waals surface area contributed by atoms with Crippen molar-refractivity contribution in [2.75, 3.05) is 0 Å². The molecule has 1 heteroatoms. The molecule has 1 rings (SSSR count). The Morgan fingerprint density at radius 3 is 2.31 bits per heavy atom. The first-order valence-electron chi connectivity index (χ1n) is 4.92. The Morgan fingerprint density at radius 1 is 1.46 bits per heavy atom. The lowest BCUT2D eigenvalue weighted by Crippen LogP contribution is -2.17. The van der Waals surface area contributed by atoms with Crippen LogP contribution in [-0.2, 0) is 0 Å². The summed E-state index contributed by atoms with van der Waals surface area (Å²) in [4.78, 5) is 4.28. The highest BCUT2D eigenvalue weighted by Crippen LogP contribution is 2.66. The molecular weight excluding hydrogens is 158 g/mol. The Morgan fingerprint density at radius 2 is 2.08 bits per heavy atom. The molecule has 0 spiro atoms. The van der Waals surface area contributed by atoms with Crippen molar-refractivity contribution in [1.82, 2.24) is 0 Å². The lowest BCUT2D eigenvalue weighted by atomic mass is 9.87. The number of allylic oxidation sites excluding steroid dienone is 1. The fourth-order valence-electron chi connectivity index (χ4n) is 2.53. The molecule has 0 saturated heterocycles. The third-order valence-electron chi connectivity index (χ3n) is 3.71. The van der Waals surface area contributed by atoms with Crippen molar-refractivity contribution in [2.24, 2.45) is 10.4 Å². The maximum Gasteiger partial charge on any atom is 0.0704 e. The minimum Gasteiger partial charge on any atom is -0.293 e. The molecule has 2 unspecified atom stereocenters. The fourth-order valence-corrected chi connectivity index (χ4v) is 2.53. The standard InChI is InChI=1S/C12H19N/c1-6-10(4)11(7-2)9-12(11,8-3)13-5/h6H,1,4-5,7-9H2,2-3H3. The van der Waals surface area contributed by atoms with Crippen LogP contribution < -0.4 is 0 Å². The van der Waals surface area contributed by atoms with E-state index in [1.165, 1.54) is 0 Å². The molecule has 0 heterocycles. The van der Waals surface area contributed by atoms with Gasteiger partial charge in [0.1, 0.15) is 0 Å². The Kier molecular flexibility index (Phi) is 2.47. The summed E-state index contributed by atoms with van der Waals surface area (Å²) in [7, 11) is 0. The van der Waals surface area contributed by atoms with Crippen LogP contribution in [0.1, 0.15) is 33.1 Å². The van der Waals surface area contributed by atoms with Gasteiger partial charge in [0, 0.05) is 5.41 Å². The van der Waals surface area contributed by atoms with E-state index in [0.29, 0.717) is 0 Å². The van der Waals surface area contributed by atoms with Gasteiger partial charge in [0.15, 0.2) is 0 Å². The molecule has 0 aromatic rings. The molecule has 0 aromatic carbocycles. The van der Waals surface area contributed by atoms with E-state index in [1.54, 1.807) is 0 Å². The number of nitrogens with zero attached hydrogens (tertiary/aromatic N) is 1. The Bertz CT molecular complexity index is 254. The first-order chi connectivity index (χ1) is 6.12. The normalized spacial score (nSPS) is 36.8. The van der Waals surface area contributed by atoms with Gasteiger partial charge >= 0.3 is 0 Å². The van der Waals surface area contributed by atoms with Crippen molar-refractivity contribution in [2.45, 2.75) is 38.6 Å². The van der Waals surface area contributed by atoms with Gasteiger partial charge < -0.3 is 0 Å². The van der Waals surface area contributed by atoms with Crippen molar-refractivity contribution in [1.29, 1.82) is 0 Å². The average molecular weight is 177 g/mol. The summed E-state index contributed by atoms with van der Waals surface area (Å²) in [6.45, 7) is 15.9. The van der Waals surface area contributed by atoms with E-state index in [2.05, 4.69) is 38.7 Å². The lowest BCUT2D eigenvalue weighted by Gasteiger charge is -2.20. The molecule has 2 atom stereocenters. The predicted octanol–water partition coefficient (Wildman–Crippen LogP) is 3.38. The molecule has 0 aromatic heterocycles. The van der Waals surface area contributed by atoms with E-state index in [0.717, 1.165) is 24.8 Å². The largest absolute Gasteiger partial charge is 0.293 e. The van der Waals surface area contributed by atoms with Gasteiger partial charge in [-0.1, -0.05) is 33.1 Å². The minimum atomic E-state index is 0.0625. The molecule has 0 radical (unpaired) electrons. The van der Waals surface area contributed by atoms with E-state index >= 15 is 0 Å². The molecule has 1 aliphatic carbocycles. The number of aliphatic imine (C=N–C) groups is 1. The highest BCUT2D eigenvalue weighted by Gasteiger charge is 2.65. The van der Waals surface area contributed by atoms with Crippen LogP contribution in [0, 0.1) is 5.41 Å². The lowest BCUT2D eigenvalue weighted by molar-refractivity contribution is 0.465. The second-order valence-corrected chi connectivity index (χ2v) is 3.89. The second kappa shape index (κ2) is 3.13. The summed E-state index contributed by atoms with van der Waals surface area (Å²) in [5.41, 5.74) is 1.36. The summed E-state index contributed by atoms with van der Waals surface area (Å²) in [6.07, 6.45) is 5.11. The summed E-state index contributed by atoms with van der Waals surface area (Å²) in [6, 6.07) is 0. The molecule has 1 fully saturated rings. The van der Waals surface area contributed by atoms with Gasteiger partial charge in [0.2, 0.25) is 0 Å². The molecule has 1 saturated carbocycles. The Hall–Kier alpha value is -0.850. The monoisotopic (exact) mass is 177 g/mol. The van der Waals surface area contributed by atoms with Crippen LogP contribution >= 0.6 is 0 Å². The second-order valence-electron chi connectivity index (χ2n) is 3.89. The first-order valence-corrected chi connectivity index (χ1v) is 4.92. The topological polar surface area (TPSA) is 12.4 Å². The fraction of sp³-hybridized carbons (Fsp3) is 0.583. The molecule has 72 valence electrons. The van der Waals surface area contributed by atoms with Crippen molar-refractivity contribution in [3.05, 3.63) is 24.8 Å². The van der Waals surface area contributed by atoms with E-state index < -0.39 is 0 Å². The predicted molar refractivity (Wildman–Crippen MR) is 59.2 cm³/mol. The SMILES string of the molecule is C=CC(=C)C1(CC)CC1(CC)N=C. The van der Waals surface area contributed by atoms with E-state index in [9.17, 15) is 0 Å². The third kappa shape index (κ3) is 1.10. The van der Waals surface area contributed by atoms with E-state index in [4.69, 9.17) is 0 Å². The Labute approximate surface area is 81.3 Å². The first kappa shape index (κ1) is 10.2. The van der Waals surface area contributed by atoms with Crippen LogP contribution in [0.2, 0.25) is 0 Å². The van der Waals surface area contributed by atoms with E-state index in [-0.39, 0.29) is 11.0 Å². The van der Waals surface area contributed by atoms with Crippen LogP contribution in [0.5, 0.6) is 0 Å². The van der Waals surface area contributed by atoms with Gasteiger partial charge in [-0.3, -0.25) is 4.99 Å². The smallest absolute Gasteiger partial charge is 0.0704 e. The Balaban J connectivity index is 2.95. The zero-order valence-electron chi connectivity index (χ0n) is 8.77. The van der Waals surface area contributed by atoms with Crippen molar-refractivity contribution in [3.63, 3.8) is 0 Å². The van der Waals surface area contributed by atoms with Gasteiger partial charge in [-0.15, -0.1) is 0 Å². The maximum absolute atomic E-state index is 4.28. The highest BCUT2D eigenvalue weighted by molar-refractivity contribution is 5.43. The van der Waals surface area contributed by atoms with Gasteiger partial charge in [-0.2, -0.15) is 0 Å². The van der Waals surface area contributed by atoms with Crippen molar-refractivity contribution >= 4 is 6.72 Å². The highest BCUT2D eigenvalue weighted by atomic mass is 15.0. The van der Waals surface area contributed by atoms with Crippen molar-refractivity contribution in [3.8, 4) is 0 Å². The summed E-state index contributed by atoms with van der Waals surface area (Å²) in [5, 5.41) is 0. The molecule has 0 amide bonds.